The number of benzene rings is 2. The van der Waals surface area contributed by atoms with E-state index in [1.807, 2.05) is 0 Å². The van der Waals surface area contributed by atoms with Crippen LogP contribution in [0.15, 0.2) is 54.7 Å². The van der Waals surface area contributed by atoms with Gasteiger partial charge in [0, 0.05) is 17.8 Å². The minimum Gasteiger partial charge on any atom is -0.344 e. The van der Waals surface area contributed by atoms with Crippen LogP contribution < -0.4 is 5.32 Å². The van der Waals surface area contributed by atoms with E-state index in [0.717, 1.165) is 12.1 Å². The molecule has 1 N–H and O–H groups in total. The number of halogens is 3. The smallest absolute Gasteiger partial charge is 0.272 e. The van der Waals surface area contributed by atoms with E-state index in [0.29, 0.717) is 0 Å². The average Bonchev–Trinajstić information content (AvgIpc) is 3.05. The van der Waals surface area contributed by atoms with Crippen molar-refractivity contribution < 1.29 is 18.0 Å². The van der Waals surface area contributed by atoms with Gasteiger partial charge in [0.25, 0.3) is 5.91 Å². The molecule has 0 bridgehead atoms. The standard InChI is InChI=1S/C18H14F3N3O/c1-11(13-7-6-12(19)10-15(13)21)22-18(25)16-8-9-24(23-16)17-5-3-2-4-14(17)20/h2-11H,1H3,(H,22,25). The molecule has 4 nitrogen and oxygen atoms in total. The van der Waals surface area contributed by atoms with Gasteiger partial charge in [-0.15, -0.1) is 0 Å². The number of nitrogens with zero attached hydrogens (tertiary/aromatic N) is 2. The fraction of sp³-hybridized carbons (Fsp3) is 0.111. The summed E-state index contributed by atoms with van der Waals surface area (Å²) in [7, 11) is 0. The second-order valence-electron chi connectivity index (χ2n) is 5.46. The summed E-state index contributed by atoms with van der Waals surface area (Å²) in [4.78, 5) is 12.3. The van der Waals surface area contributed by atoms with Crippen LogP contribution in [0, 0.1) is 17.5 Å². The molecule has 0 radical (unpaired) electrons. The molecule has 2 aromatic carbocycles. The van der Waals surface area contributed by atoms with Crippen LogP contribution in [0.25, 0.3) is 5.69 Å². The van der Waals surface area contributed by atoms with Crippen molar-refractivity contribution in [1.29, 1.82) is 0 Å². The number of nitrogens with one attached hydrogen (secondary N) is 1. The molecule has 3 aromatic rings. The summed E-state index contributed by atoms with van der Waals surface area (Å²) in [5, 5.41) is 6.62. The van der Waals surface area contributed by atoms with Gasteiger partial charge < -0.3 is 5.32 Å². The molecule has 7 heteroatoms. The van der Waals surface area contributed by atoms with Gasteiger partial charge >= 0.3 is 0 Å². The monoisotopic (exact) mass is 345 g/mol. The fourth-order valence-electron chi connectivity index (χ4n) is 2.42. The maximum absolute atomic E-state index is 13.8. The van der Waals surface area contributed by atoms with Gasteiger partial charge in [-0.2, -0.15) is 5.10 Å². The maximum atomic E-state index is 13.8. The van der Waals surface area contributed by atoms with Gasteiger partial charge in [-0.3, -0.25) is 4.79 Å². The van der Waals surface area contributed by atoms with E-state index < -0.39 is 29.4 Å². The third-order valence-electron chi connectivity index (χ3n) is 3.70. The molecule has 0 spiro atoms. The molecule has 0 saturated heterocycles. The van der Waals surface area contributed by atoms with E-state index >= 15 is 0 Å². The molecule has 0 saturated carbocycles. The number of amides is 1. The van der Waals surface area contributed by atoms with Crippen molar-refractivity contribution in [3.8, 4) is 5.69 Å². The quantitative estimate of drug-likeness (QED) is 0.782. The molecule has 128 valence electrons. The van der Waals surface area contributed by atoms with Gasteiger partial charge in [-0.1, -0.05) is 18.2 Å². The third-order valence-corrected chi connectivity index (χ3v) is 3.70. The molecule has 0 aliphatic carbocycles. The fourth-order valence-corrected chi connectivity index (χ4v) is 2.42. The minimum absolute atomic E-state index is 0.0534. The molecule has 25 heavy (non-hydrogen) atoms. The Morgan fingerprint density at radius 2 is 1.84 bits per heavy atom. The normalized spacial score (nSPS) is 12.0. The predicted molar refractivity (Wildman–Crippen MR) is 85.8 cm³/mol. The lowest BCUT2D eigenvalue weighted by atomic mass is 10.1. The topological polar surface area (TPSA) is 46.9 Å². The van der Waals surface area contributed by atoms with Crippen molar-refractivity contribution in [2.75, 3.05) is 0 Å². The highest BCUT2D eigenvalue weighted by Gasteiger charge is 2.17. The van der Waals surface area contributed by atoms with E-state index in [2.05, 4.69) is 10.4 Å². The summed E-state index contributed by atoms with van der Waals surface area (Å²) >= 11 is 0. The van der Waals surface area contributed by atoms with Gasteiger partial charge in [-0.05, 0) is 31.2 Å². The van der Waals surface area contributed by atoms with Crippen molar-refractivity contribution in [3.63, 3.8) is 0 Å². The Bertz CT molecular complexity index is 923. The predicted octanol–water partition coefficient (Wildman–Crippen LogP) is 3.78. The first-order valence-corrected chi connectivity index (χ1v) is 7.52. The van der Waals surface area contributed by atoms with Crippen molar-refractivity contribution >= 4 is 5.91 Å². The zero-order valence-electron chi connectivity index (χ0n) is 13.2. The first kappa shape index (κ1) is 16.8. The molecule has 1 amide bonds. The summed E-state index contributed by atoms with van der Waals surface area (Å²) in [6, 6.07) is 9.90. The van der Waals surface area contributed by atoms with Gasteiger partial charge in [-0.25, -0.2) is 17.9 Å². The van der Waals surface area contributed by atoms with Crippen LogP contribution in [0.4, 0.5) is 13.2 Å². The largest absolute Gasteiger partial charge is 0.344 e. The van der Waals surface area contributed by atoms with Crippen LogP contribution in [0.2, 0.25) is 0 Å². The highest BCUT2D eigenvalue weighted by Crippen LogP contribution is 2.18. The average molecular weight is 345 g/mol. The lowest BCUT2D eigenvalue weighted by molar-refractivity contribution is 0.0934. The Morgan fingerprint density at radius 3 is 2.56 bits per heavy atom. The molecule has 0 aliphatic heterocycles. The van der Waals surface area contributed by atoms with Crippen LogP contribution in [-0.2, 0) is 0 Å². The first-order chi connectivity index (χ1) is 12.0. The van der Waals surface area contributed by atoms with Gasteiger partial charge in [0.1, 0.15) is 23.1 Å². The second-order valence-corrected chi connectivity index (χ2v) is 5.46. The Morgan fingerprint density at radius 1 is 1.08 bits per heavy atom. The van der Waals surface area contributed by atoms with Crippen molar-refractivity contribution in [3.05, 3.63) is 83.4 Å². The van der Waals surface area contributed by atoms with E-state index in [9.17, 15) is 18.0 Å². The maximum Gasteiger partial charge on any atom is 0.272 e. The van der Waals surface area contributed by atoms with Crippen LogP contribution in [0.1, 0.15) is 29.0 Å². The Kier molecular flexibility index (Phi) is 4.56. The SMILES string of the molecule is CC(NC(=O)c1ccn(-c2ccccc2F)n1)c1ccc(F)cc1F. The molecule has 1 heterocycles. The number of carbonyl (C=O) groups is 1. The summed E-state index contributed by atoms with van der Waals surface area (Å²) in [6.07, 6.45) is 1.45. The zero-order chi connectivity index (χ0) is 18.0. The Hall–Kier alpha value is -3.09. The molecule has 1 unspecified atom stereocenters. The van der Waals surface area contributed by atoms with E-state index in [1.165, 1.54) is 35.1 Å². The van der Waals surface area contributed by atoms with E-state index in [-0.39, 0.29) is 16.9 Å². The van der Waals surface area contributed by atoms with Crippen LogP contribution in [0.5, 0.6) is 0 Å². The number of hydrogen-bond acceptors (Lipinski definition) is 2. The first-order valence-electron chi connectivity index (χ1n) is 7.52. The number of para-hydroxylation sites is 1. The lowest BCUT2D eigenvalue weighted by Gasteiger charge is -2.14. The number of rotatable bonds is 4. The van der Waals surface area contributed by atoms with Crippen molar-refractivity contribution in [2.45, 2.75) is 13.0 Å². The number of hydrogen-bond donors (Lipinski definition) is 1. The van der Waals surface area contributed by atoms with Crippen LogP contribution in [0.3, 0.4) is 0 Å². The van der Waals surface area contributed by atoms with E-state index in [4.69, 9.17) is 0 Å². The van der Waals surface area contributed by atoms with Crippen LogP contribution in [-0.4, -0.2) is 15.7 Å². The molecule has 1 atom stereocenters. The lowest BCUT2D eigenvalue weighted by Crippen LogP contribution is -2.27. The molecular formula is C18H14F3N3O. The van der Waals surface area contributed by atoms with Crippen molar-refractivity contribution in [2.24, 2.45) is 0 Å². The van der Waals surface area contributed by atoms with E-state index in [1.54, 1.807) is 19.1 Å². The minimum atomic E-state index is -0.746. The summed E-state index contributed by atoms with van der Waals surface area (Å²) in [5.41, 5.74) is 0.417. The highest BCUT2D eigenvalue weighted by molar-refractivity contribution is 5.92. The zero-order valence-corrected chi connectivity index (χ0v) is 13.2. The molecular weight excluding hydrogens is 331 g/mol. The molecule has 0 aliphatic rings. The Labute approximate surface area is 141 Å². The number of carbonyl (C=O) groups excluding carboxylic acids is 1. The third kappa shape index (κ3) is 3.55. The summed E-state index contributed by atoms with van der Waals surface area (Å²) in [6.45, 7) is 1.57. The van der Waals surface area contributed by atoms with Gasteiger partial charge in [0.2, 0.25) is 0 Å². The number of aromatic nitrogens is 2. The molecule has 0 fully saturated rings. The van der Waals surface area contributed by atoms with Gasteiger partial charge in [0.15, 0.2) is 5.69 Å². The highest BCUT2D eigenvalue weighted by atomic mass is 19.1. The second kappa shape index (κ2) is 6.80. The summed E-state index contributed by atoms with van der Waals surface area (Å²) in [5.74, 6) is -2.46. The van der Waals surface area contributed by atoms with Crippen molar-refractivity contribution in [1.82, 2.24) is 15.1 Å². The molecule has 3 rings (SSSR count). The summed E-state index contributed by atoms with van der Waals surface area (Å²) < 4.78 is 41.7. The molecule has 1 aromatic heterocycles. The Balaban J connectivity index is 1.77. The van der Waals surface area contributed by atoms with Crippen LogP contribution >= 0.6 is 0 Å². The van der Waals surface area contributed by atoms with Gasteiger partial charge in [0.05, 0.1) is 6.04 Å².